The zero-order chi connectivity index (χ0) is 22.0. The van der Waals surface area contributed by atoms with E-state index < -0.39 is 30.4 Å². The fourth-order valence-electron chi connectivity index (χ4n) is 4.10. The summed E-state index contributed by atoms with van der Waals surface area (Å²) in [4.78, 5) is 35.8. The van der Waals surface area contributed by atoms with Crippen LogP contribution in [0.1, 0.15) is 58.0 Å². The summed E-state index contributed by atoms with van der Waals surface area (Å²) in [5, 5.41) is 12.8. The van der Waals surface area contributed by atoms with Crippen LogP contribution in [-0.2, 0) is 23.8 Å². The Bertz CT molecular complexity index is 1020. The van der Waals surface area contributed by atoms with E-state index >= 15 is 0 Å². The average Bonchev–Trinajstić information content (AvgIpc) is 3.45. The number of anilines is 1. The Labute approximate surface area is 178 Å². The number of carbonyl (C=O) groups is 2. The molecule has 164 valence electrons. The molecule has 0 aromatic carbocycles. The van der Waals surface area contributed by atoms with Gasteiger partial charge in [0.15, 0.2) is 17.0 Å². The molecule has 3 heterocycles. The molecular formula is C20H24N6O5. The lowest BCUT2D eigenvalue weighted by Crippen LogP contribution is -2.31. The molecule has 1 aliphatic carbocycles. The number of esters is 2. The van der Waals surface area contributed by atoms with Crippen LogP contribution in [-0.4, -0.2) is 56.3 Å². The maximum atomic E-state index is 11.5. The first-order chi connectivity index (χ1) is 14.9. The number of hydrogen-bond acceptors (Lipinski definition) is 10. The first-order valence-electron chi connectivity index (χ1n) is 10.3. The van der Waals surface area contributed by atoms with Crippen LogP contribution < -0.4 is 5.32 Å². The molecule has 1 saturated heterocycles. The maximum absolute atomic E-state index is 11.5. The SMILES string of the molecule is CC(=O)OCC1OC(n2cnc3c(NC4CCCC4)nc(C#N)nc32)CC1OC(C)=O. The number of aromatic nitrogens is 4. The van der Waals surface area contributed by atoms with Gasteiger partial charge >= 0.3 is 11.9 Å². The van der Waals surface area contributed by atoms with Gasteiger partial charge in [0.05, 0.1) is 6.33 Å². The van der Waals surface area contributed by atoms with Gasteiger partial charge in [-0.05, 0) is 12.8 Å². The van der Waals surface area contributed by atoms with E-state index in [1.807, 2.05) is 6.07 Å². The molecule has 11 heteroatoms. The van der Waals surface area contributed by atoms with Gasteiger partial charge in [0.2, 0.25) is 5.82 Å². The van der Waals surface area contributed by atoms with Crippen molar-refractivity contribution >= 4 is 28.9 Å². The van der Waals surface area contributed by atoms with Crippen molar-refractivity contribution in [3.63, 3.8) is 0 Å². The van der Waals surface area contributed by atoms with Gasteiger partial charge in [0.1, 0.15) is 31.1 Å². The Morgan fingerprint density at radius 3 is 2.74 bits per heavy atom. The summed E-state index contributed by atoms with van der Waals surface area (Å²) in [6.45, 7) is 2.58. The number of imidazole rings is 1. The molecule has 0 bridgehead atoms. The van der Waals surface area contributed by atoms with Crippen molar-refractivity contribution < 1.29 is 23.8 Å². The molecule has 2 aliphatic rings. The van der Waals surface area contributed by atoms with E-state index in [9.17, 15) is 14.9 Å². The Morgan fingerprint density at radius 1 is 1.29 bits per heavy atom. The summed E-state index contributed by atoms with van der Waals surface area (Å²) in [6.07, 6.45) is 4.53. The molecule has 0 amide bonds. The van der Waals surface area contributed by atoms with Crippen LogP contribution in [0.2, 0.25) is 0 Å². The molecule has 2 aromatic rings. The fraction of sp³-hybridized carbons (Fsp3) is 0.600. The predicted octanol–water partition coefficient (Wildman–Crippen LogP) is 1.83. The maximum Gasteiger partial charge on any atom is 0.303 e. The molecule has 3 atom stereocenters. The molecule has 0 radical (unpaired) electrons. The van der Waals surface area contributed by atoms with Crippen molar-refractivity contribution in [2.75, 3.05) is 11.9 Å². The van der Waals surface area contributed by atoms with Crippen molar-refractivity contribution in [2.45, 2.75) is 70.4 Å². The van der Waals surface area contributed by atoms with E-state index in [1.165, 1.54) is 13.8 Å². The number of carbonyl (C=O) groups excluding carboxylic acids is 2. The lowest BCUT2D eigenvalue weighted by atomic mass is 10.2. The first kappa shape index (κ1) is 21.0. The van der Waals surface area contributed by atoms with Crippen LogP contribution in [0.3, 0.4) is 0 Å². The number of fused-ring (bicyclic) bond motifs is 1. The topological polar surface area (TPSA) is 141 Å². The number of hydrogen-bond donors (Lipinski definition) is 1. The minimum atomic E-state index is -0.622. The fourth-order valence-corrected chi connectivity index (χ4v) is 4.10. The van der Waals surface area contributed by atoms with Crippen molar-refractivity contribution in [3.05, 3.63) is 12.2 Å². The van der Waals surface area contributed by atoms with Crippen LogP contribution in [0.5, 0.6) is 0 Å². The van der Waals surface area contributed by atoms with Crippen LogP contribution in [0.4, 0.5) is 5.82 Å². The van der Waals surface area contributed by atoms with E-state index in [0.29, 0.717) is 29.4 Å². The van der Waals surface area contributed by atoms with E-state index in [4.69, 9.17) is 14.2 Å². The van der Waals surface area contributed by atoms with Crippen molar-refractivity contribution in [2.24, 2.45) is 0 Å². The quantitative estimate of drug-likeness (QED) is 0.677. The number of nitrogens with zero attached hydrogens (tertiary/aromatic N) is 5. The van der Waals surface area contributed by atoms with Gasteiger partial charge in [-0.3, -0.25) is 14.2 Å². The Hall–Kier alpha value is -3.26. The summed E-state index contributed by atoms with van der Waals surface area (Å²) < 4.78 is 18.2. The van der Waals surface area contributed by atoms with Crippen molar-refractivity contribution in [3.8, 4) is 6.07 Å². The van der Waals surface area contributed by atoms with Gasteiger partial charge in [-0.25, -0.2) is 4.98 Å². The second-order valence-corrected chi connectivity index (χ2v) is 7.77. The minimum absolute atomic E-state index is 0.0285. The van der Waals surface area contributed by atoms with E-state index in [2.05, 4.69) is 20.3 Å². The van der Waals surface area contributed by atoms with Crippen LogP contribution in [0.25, 0.3) is 11.2 Å². The zero-order valence-corrected chi connectivity index (χ0v) is 17.4. The predicted molar refractivity (Wildman–Crippen MR) is 107 cm³/mol. The molecule has 3 unspecified atom stereocenters. The highest BCUT2D eigenvalue weighted by Gasteiger charge is 2.40. The third-order valence-corrected chi connectivity index (χ3v) is 5.48. The minimum Gasteiger partial charge on any atom is -0.463 e. The Morgan fingerprint density at radius 2 is 2.06 bits per heavy atom. The van der Waals surface area contributed by atoms with Gasteiger partial charge in [-0.2, -0.15) is 15.2 Å². The summed E-state index contributed by atoms with van der Waals surface area (Å²) in [5.41, 5.74) is 0.994. The van der Waals surface area contributed by atoms with Crippen LogP contribution >= 0.6 is 0 Å². The third kappa shape index (κ3) is 4.59. The van der Waals surface area contributed by atoms with Gasteiger partial charge in [0.25, 0.3) is 0 Å². The van der Waals surface area contributed by atoms with Gasteiger partial charge in [-0.1, -0.05) is 12.8 Å². The third-order valence-electron chi connectivity index (χ3n) is 5.48. The summed E-state index contributed by atoms with van der Waals surface area (Å²) >= 11 is 0. The smallest absolute Gasteiger partial charge is 0.303 e. The zero-order valence-electron chi connectivity index (χ0n) is 17.4. The number of ether oxygens (including phenoxy) is 3. The highest BCUT2D eigenvalue weighted by Crippen LogP contribution is 2.34. The number of nitriles is 1. The molecular weight excluding hydrogens is 404 g/mol. The molecule has 11 nitrogen and oxygen atoms in total. The average molecular weight is 428 g/mol. The lowest BCUT2D eigenvalue weighted by Gasteiger charge is -2.17. The molecule has 31 heavy (non-hydrogen) atoms. The number of rotatable bonds is 6. The number of nitrogens with one attached hydrogen (secondary N) is 1. The van der Waals surface area contributed by atoms with Crippen LogP contribution in [0.15, 0.2) is 6.33 Å². The molecule has 0 spiro atoms. The monoisotopic (exact) mass is 428 g/mol. The second kappa shape index (κ2) is 8.85. The van der Waals surface area contributed by atoms with Crippen molar-refractivity contribution in [1.82, 2.24) is 19.5 Å². The molecule has 1 aliphatic heterocycles. The summed E-state index contributed by atoms with van der Waals surface area (Å²) in [6, 6.07) is 2.29. The standard InChI is InChI=1S/C20H24N6O5/c1-11(27)29-9-15-14(30-12(2)28)7-17(31-15)26-10-22-18-19(23-13-5-3-4-6-13)24-16(8-21)25-20(18)26/h10,13-15,17H,3-7,9H2,1-2H3,(H,23,24,25). The van der Waals surface area contributed by atoms with Gasteiger partial charge in [-0.15, -0.1) is 0 Å². The van der Waals surface area contributed by atoms with Gasteiger partial charge < -0.3 is 19.5 Å². The van der Waals surface area contributed by atoms with Crippen molar-refractivity contribution in [1.29, 1.82) is 5.26 Å². The van der Waals surface area contributed by atoms with E-state index in [1.54, 1.807) is 10.9 Å². The summed E-state index contributed by atoms with van der Waals surface area (Å²) in [5.74, 6) is -0.343. The Balaban J connectivity index is 1.63. The van der Waals surface area contributed by atoms with E-state index in [-0.39, 0.29) is 12.4 Å². The van der Waals surface area contributed by atoms with Crippen LogP contribution in [0, 0.1) is 11.3 Å². The lowest BCUT2D eigenvalue weighted by molar-refractivity contribution is -0.155. The Kier molecular flexibility index (Phi) is 5.99. The largest absolute Gasteiger partial charge is 0.463 e. The second-order valence-electron chi connectivity index (χ2n) is 7.77. The highest BCUT2D eigenvalue weighted by molar-refractivity contribution is 5.83. The summed E-state index contributed by atoms with van der Waals surface area (Å²) in [7, 11) is 0. The molecule has 2 aromatic heterocycles. The molecule has 1 N–H and O–H groups in total. The van der Waals surface area contributed by atoms with E-state index in [0.717, 1.165) is 25.7 Å². The van der Waals surface area contributed by atoms with Gasteiger partial charge in [0, 0.05) is 26.3 Å². The molecule has 1 saturated carbocycles. The molecule has 4 rings (SSSR count). The normalized spacial score (nSPS) is 23.6. The first-order valence-corrected chi connectivity index (χ1v) is 10.3. The highest BCUT2D eigenvalue weighted by atomic mass is 16.6. The molecule has 2 fully saturated rings.